The molecule has 3 rings (SSSR count). The molecule has 12 heteroatoms. The van der Waals surface area contributed by atoms with Crippen molar-refractivity contribution in [3.63, 3.8) is 0 Å². The van der Waals surface area contributed by atoms with Crippen molar-refractivity contribution in [3.8, 4) is 16.9 Å². The molecule has 2 aromatic carbocycles. The van der Waals surface area contributed by atoms with E-state index in [4.69, 9.17) is 15.2 Å². The van der Waals surface area contributed by atoms with E-state index in [1.54, 1.807) is 32.0 Å². The molecule has 0 aliphatic carbocycles. The Morgan fingerprint density at radius 2 is 1.97 bits per heavy atom. The highest BCUT2D eigenvalue weighted by Gasteiger charge is 2.23. The van der Waals surface area contributed by atoms with Crippen molar-refractivity contribution in [2.24, 2.45) is 5.73 Å². The fourth-order valence-corrected chi connectivity index (χ4v) is 4.97. The predicted molar refractivity (Wildman–Crippen MR) is 134 cm³/mol. The van der Waals surface area contributed by atoms with Gasteiger partial charge in [0.1, 0.15) is 16.5 Å². The molecule has 0 unspecified atom stereocenters. The van der Waals surface area contributed by atoms with Crippen LogP contribution in [0.2, 0.25) is 0 Å². The van der Waals surface area contributed by atoms with Crippen LogP contribution in [0, 0.1) is 0 Å². The van der Waals surface area contributed by atoms with E-state index in [-0.39, 0.29) is 47.7 Å². The molecule has 0 saturated heterocycles. The van der Waals surface area contributed by atoms with Gasteiger partial charge in [-0.25, -0.2) is 27.3 Å². The second-order valence-corrected chi connectivity index (χ2v) is 9.47. The first-order valence-electron chi connectivity index (χ1n) is 10.4. The summed E-state index contributed by atoms with van der Waals surface area (Å²) in [6.07, 6.45) is 2.69. The molecular formula is C23H28ClFN4O5S. The van der Waals surface area contributed by atoms with Crippen LogP contribution >= 0.6 is 12.4 Å². The number of carbonyl (C=O) groups is 1. The van der Waals surface area contributed by atoms with Gasteiger partial charge in [0.05, 0.1) is 43.7 Å². The number of fused-ring (bicyclic) bond motifs is 1. The molecule has 0 aliphatic rings. The Morgan fingerprint density at radius 1 is 1.26 bits per heavy atom. The van der Waals surface area contributed by atoms with Gasteiger partial charge in [-0.2, -0.15) is 0 Å². The van der Waals surface area contributed by atoms with Gasteiger partial charge in [-0.1, -0.05) is 6.07 Å². The lowest BCUT2D eigenvalue weighted by atomic mass is 10.0. The van der Waals surface area contributed by atoms with Gasteiger partial charge in [-0.3, -0.25) is 0 Å². The first-order chi connectivity index (χ1) is 16.1. The summed E-state index contributed by atoms with van der Waals surface area (Å²) >= 11 is 0. The maximum Gasteiger partial charge on any atom is 0.337 e. The van der Waals surface area contributed by atoms with Crippen molar-refractivity contribution < 1.29 is 27.1 Å². The molecule has 0 bridgehead atoms. The van der Waals surface area contributed by atoms with Gasteiger partial charge in [0.25, 0.3) is 0 Å². The van der Waals surface area contributed by atoms with Crippen LogP contribution < -0.4 is 15.2 Å². The second-order valence-electron chi connectivity index (χ2n) is 7.78. The molecule has 3 aromatic rings. The Balaban J connectivity index is 0.00000432. The van der Waals surface area contributed by atoms with Crippen LogP contribution in [0.5, 0.6) is 5.75 Å². The molecule has 0 atom stereocenters. The van der Waals surface area contributed by atoms with E-state index in [0.717, 1.165) is 0 Å². The largest absolute Gasteiger partial charge is 0.495 e. The van der Waals surface area contributed by atoms with E-state index in [9.17, 15) is 17.6 Å². The van der Waals surface area contributed by atoms with Crippen molar-refractivity contribution in [1.82, 2.24) is 14.3 Å². The molecule has 0 saturated carbocycles. The van der Waals surface area contributed by atoms with Gasteiger partial charge >= 0.3 is 5.97 Å². The highest BCUT2D eigenvalue weighted by molar-refractivity contribution is 7.89. The molecule has 0 spiro atoms. The average molecular weight is 527 g/mol. The van der Waals surface area contributed by atoms with Crippen molar-refractivity contribution in [2.75, 3.05) is 20.8 Å². The lowest BCUT2D eigenvalue weighted by Gasteiger charge is -2.15. The fraction of sp³-hybridized carbons (Fsp3) is 0.304. The summed E-state index contributed by atoms with van der Waals surface area (Å²) in [6.45, 7) is 3.34. The number of imidazole rings is 1. The van der Waals surface area contributed by atoms with Crippen LogP contribution in [0.4, 0.5) is 4.39 Å². The number of methoxy groups -OCH3 is 2. The smallest absolute Gasteiger partial charge is 0.337 e. The minimum Gasteiger partial charge on any atom is -0.495 e. The molecule has 9 nitrogen and oxygen atoms in total. The number of benzene rings is 2. The third-order valence-corrected chi connectivity index (χ3v) is 6.64. The average Bonchev–Trinajstić information content (AvgIpc) is 3.19. The molecule has 3 N–H and O–H groups in total. The first-order valence-corrected chi connectivity index (χ1v) is 11.9. The van der Waals surface area contributed by atoms with Crippen LogP contribution in [0.15, 0.2) is 53.5 Å². The highest BCUT2D eigenvalue weighted by Crippen LogP contribution is 2.34. The maximum atomic E-state index is 14.2. The Bertz CT molecular complexity index is 1360. The molecule has 0 amide bonds. The van der Waals surface area contributed by atoms with Crippen molar-refractivity contribution in [3.05, 3.63) is 54.1 Å². The summed E-state index contributed by atoms with van der Waals surface area (Å²) in [4.78, 5) is 16.7. The number of allylic oxidation sites excluding steroid dienone is 1. The van der Waals surface area contributed by atoms with Crippen LogP contribution in [-0.2, 0) is 21.3 Å². The monoisotopic (exact) mass is 526 g/mol. The second kappa shape index (κ2) is 11.6. The van der Waals surface area contributed by atoms with Gasteiger partial charge in [-0.05, 0) is 49.8 Å². The summed E-state index contributed by atoms with van der Waals surface area (Å²) in [5.74, 6) is -0.891. The van der Waals surface area contributed by atoms with E-state index >= 15 is 0 Å². The Labute approximate surface area is 209 Å². The molecule has 0 fully saturated rings. The SMILES string of the molecule is COC(=O)c1cc(-c2ccc(OC)c(S(=O)(=O)NC(C)C)c2)c2ncn(C/C(F)=C/CN)c2c1.Cl. The molecule has 1 heterocycles. The van der Waals surface area contributed by atoms with Gasteiger partial charge in [0, 0.05) is 18.2 Å². The minimum absolute atomic E-state index is 0. The lowest BCUT2D eigenvalue weighted by Crippen LogP contribution is -2.30. The number of sulfonamides is 1. The summed E-state index contributed by atoms with van der Waals surface area (Å²) in [5.41, 5.74) is 7.47. The lowest BCUT2D eigenvalue weighted by molar-refractivity contribution is 0.0601. The van der Waals surface area contributed by atoms with Gasteiger partial charge in [0.15, 0.2) is 0 Å². The van der Waals surface area contributed by atoms with Crippen LogP contribution in [0.1, 0.15) is 24.2 Å². The molecule has 190 valence electrons. The molecular weight excluding hydrogens is 499 g/mol. The standard InChI is InChI=1S/C23H27FN4O5S.ClH/c1-14(2)27-34(30,31)21-11-15(5-6-20(21)32-3)18-9-16(23(29)33-4)10-19-22(18)26-13-28(19)12-17(24)7-8-25;/h5-7,9-11,13-14,27H,8,12,25H2,1-4H3;1H/b17-7-;. The predicted octanol–water partition coefficient (Wildman–Crippen LogP) is 3.42. The van der Waals surface area contributed by atoms with Crippen molar-refractivity contribution in [2.45, 2.75) is 31.3 Å². The topological polar surface area (TPSA) is 126 Å². The zero-order valence-corrected chi connectivity index (χ0v) is 21.4. The van der Waals surface area contributed by atoms with Crippen molar-refractivity contribution in [1.29, 1.82) is 0 Å². The number of rotatable bonds is 9. The van der Waals surface area contributed by atoms with Gasteiger partial charge in [-0.15, -0.1) is 12.4 Å². The van der Waals surface area contributed by atoms with Gasteiger partial charge < -0.3 is 19.8 Å². The van der Waals surface area contributed by atoms with E-state index in [1.807, 2.05) is 0 Å². The highest BCUT2D eigenvalue weighted by atomic mass is 35.5. The zero-order valence-electron chi connectivity index (χ0n) is 19.7. The summed E-state index contributed by atoms with van der Waals surface area (Å²) in [5, 5.41) is 0. The maximum absolute atomic E-state index is 14.2. The van der Waals surface area contributed by atoms with Crippen molar-refractivity contribution >= 4 is 39.4 Å². The number of nitrogens with zero attached hydrogens (tertiary/aromatic N) is 2. The third-order valence-electron chi connectivity index (χ3n) is 4.96. The number of halogens is 2. The molecule has 0 aliphatic heterocycles. The van der Waals surface area contributed by atoms with Crippen LogP contribution in [-0.4, -0.2) is 50.7 Å². The van der Waals surface area contributed by atoms with E-state index in [1.165, 1.54) is 43.3 Å². The van der Waals surface area contributed by atoms with Crippen LogP contribution in [0.3, 0.4) is 0 Å². The Kier molecular flexibility index (Phi) is 9.38. The molecule has 1 aromatic heterocycles. The number of ether oxygens (including phenoxy) is 2. The van der Waals surface area contributed by atoms with E-state index < -0.39 is 21.8 Å². The number of hydrogen-bond donors (Lipinski definition) is 2. The number of aromatic nitrogens is 2. The van der Waals surface area contributed by atoms with Crippen LogP contribution in [0.25, 0.3) is 22.2 Å². The summed E-state index contributed by atoms with van der Waals surface area (Å²) < 4.78 is 54.3. The fourth-order valence-electron chi connectivity index (χ4n) is 3.53. The number of esters is 1. The number of hydrogen-bond acceptors (Lipinski definition) is 7. The summed E-state index contributed by atoms with van der Waals surface area (Å²) in [6, 6.07) is 7.42. The first kappa shape index (κ1) is 28.2. The number of carbonyl (C=O) groups excluding carboxylic acids is 1. The minimum atomic E-state index is -3.90. The summed E-state index contributed by atoms with van der Waals surface area (Å²) in [7, 11) is -1.26. The van der Waals surface area contributed by atoms with E-state index in [0.29, 0.717) is 22.2 Å². The van der Waals surface area contributed by atoms with Gasteiger partial charge in [0.2, 0.25) is 10.0 Å². The number of nitrogens with two attached hydrogens (primary N) is 1. The normalized spacial score (nSPS) is 12.0. The number of nitrogens with one attached hydrogen (secondary N) is 1. The van der Waals surface area contributed by atoms with E-state index in [2.05, 4.69) is 9.71 Å². The zero-order chi connectivity index (χ0) is 25.0. The molecule has 0 radical (unpaired) electrons. The molecule has 35 heavy (non-hydrogen) atoms. The third kappa shape index (κ3) is 6.17. The Morgan fingerprint density at radius 3 is 2.57 bits per heavy atom. The quantitative estimate of drug-likeness (QED) is 0.409. The Hall–Kier alpha value is -2.99.